The van der Waals surface area contributed by atoms with Crippen LogP contribution in [0.2, 0.25) is 0 Å². The summed E-state index contributed by atoms with van der Waals surface area (Å²) in [6.07, 6.45) is 4.73. The summed E-state index contributed by atoms with van der Waals surface area (Å²) in [5.74, 6) is 1.61. The number of rotatable bonds is 3. The molecule has 1 saturated heterocycles. The summed E-state index contributed by atoms with van der Waals surface area (Å²) in [6.45, 7) is 7.40. The lowest BCUT2D eigenvalue weighted by Crippen LogP contribution is -2.40. The van der Waals surface area contributed by atoms with Crippen LogP contribution in [0.15, 0.2) is 0 Å². The van der Waals surface area contributed by atoms with E-state index in [2.05, 4.69) is 31.0 Å². The average molecular weight is 224 g/mol. The minimum atomic E-state index is 0.0767. The van der Waals surface area contributed by atoms with Crippen molar-refractivity contribution in [1.29, 1.82) is 0 Å². The average Bonchev–Trinajstić information content (AvgIpc) is 2.75. The van der Waals surface area contributed by atoms with Crippen LogP contribution in [0.4, 0.5) is 0 Å². The Morgan fingerprint density at radius 1 is 1.44 bits per heavy atom. The minimum absolute atomic E-state index is 0.0767. The molecule has 1 N–H and O–H groups in total. The normalized spacial score (nSPS) is 35.4. The quantitative estimate of drug-likeness (QED) is 0.795. The fourth-order valence-corrected chi connectivity index (χ4v) is 3.10. The van der Waals surface area contributed by atoms with E-state index in [1.165, 1.54) is 19.3 Å². The molecule has 3 heteroatoms. The molecule has 1 aliphatic carbocycles. The largest absolute Gasteiger partial charge is 0.325 e. The first-order valence-electron chi connectivity index (χ1n) is 6.63. The molecule has 1 aliphatic heterocycles. The number of carbonyl (C=O) groups excluding carboxylic acids is 1. The van der Waals surface area contributed by atoms with Crippen molar-refractivity contribution in [2.24, 2.45) is 11.8 Å². The van der Waals surface area contributed by atoms with Crippen molar-refractivity contribution < 1.29 is 4.79 Å². The molecular weight excluding hydrogens is 200 g/mol. The smallest absolute Gasteiger partial charge is 0.241 e. The third-order valence-corrected chi connectivity index (χ3v) is 4.01. The molecule has 16 heavy (non-hydrogen) atoms. The van der Waals surface area contributed by atoms with E-state index < -0.39 is 0 Å². The van der Waals surface area contributed by atoms with E-state index in [4.69, 9.17) is 0 Å². The van der Waals surface area contributed by atoms with Gasteiger partial charge >= 0.3 is 0 Å². The van der Waals surface area contributed by atoms with Gasteiger partial charge in [-0.15, -0.1) is 0 Å². The van der Waals surface area contributed by atoms with Crippen molar-refractivity contribution in [3.8, 4) is 0 Å². The third-order valence-electron chi connectivity index (χ3n) is 4.01. The Morgan fingerprint density at radius 3 is 2.75 bits per heavy atom. The first-order valence-corrected chi connectivity index (χ1v) is 6.63. The number of carbonyl (C=O) groups is 1. The molecule has 1 amide bonds. The lowest BCUT2D eigenvalue weighted by Gasteiger charge is -2.27. The molecule has 3 nitrogen and oxygen atoms in total. The predicted molar refractivity (Wildman–Crippen MR) is 64.9 cm³/mol. The molecular formula is C13H24N2O. The highest BCUT2D eigenvalue weighted by molar-refractivity contribution is 5.84. The molecule has 92 valence electrons. The van der Waals surface area contributed by atoms with Crippen LogP contribution >= 0.6 is 0 Å². The minimum Gasteiger partial charge on any atom is -0.325 e. The SMILES string of the molecule is CC(C)CC1NCN(C2CCCC2C)C1=O. The van der Waals surface area contributed by atoms with E-state index in [1.807, 2.05) is 0 Å². The van der Waals surface area contributed by atoms with Crippen LogP contribution < -0.4 is 5.32 Å². The Hall–Kier alpha value is -0.570. The zero-order chi connectivity index (χ0) is 11.7. The molecule has 0 bridgehead atoms. The van der Waals surface area contributed by atoms with Gasteiger partial charge in [0.2, 0.25) is 5.91 Å². The molecule has 0 aromatic rings. The van der Waals surface area contributed by atoms with Gasteiger partial charge < -0.3 is 4.90 Å². The van der Waals surface area contributed by atoms with E-state index >= 15 is 0 Å². The Bertz CT molecular complexity index is 265. The first-order chi connectivity index (χ1) is 7.59. The van der Waals surface area contributed by atoms with E-state index in [-0.39, 0.29) is 6.04 Å². The maximum atomic E-state index is 12.2. The van der Waals surface area contributed by atoms with Gasteiger partial charge in [0.1, 0.15) is 0 Å². The first kappa shape index (κ1) is 11.9. The van der Waals surface area contributed by atoms with Crippen molar-refractivity contribution in [2.45, 2.75) is 58.5 Å². The number of hydrogen-bond donors (Lipinski definition) is 1. The second-order valence-electron chi connectivity index (χ2n) is 5.83. The van der Waals surface area contributed by atoms with Crippen LogP contribution in [0.3, 0.4) is 0 Å². The van der Waals surface area contributed by atoms with E-state index in [0.717, 1.165) is 13.1 Å². The molecule has 0 spiro atoms. The van der Waals surface area contributed by atoms with Gasteiger partial charge in [-0.2, -0.15) is 0 Å². The lowest BCUT2D eigenvalue weighted by molar-refractivity contribution is -0.131. The van der Waals surface area contributed by atoms with Crippen LogP contribution in [-0.2, 0) is 4.79 Å². The molecule has 3 atom stereocenters. The second kappa shape index (κ2) is 4.74. The second-order valence-corrected chi connectivity index (χ2v) is 5.83. The van der Waals surface area contributed by atoms with Crippen molar-refractivity contribution in [3.05, 3.63) is 0 Å². The van der Waals surface area contributed by atoms with Crippen LogP contribution in [-0.4, -0.2) is 29.6 Å². The Morgan fingerprint density at radius 2 is 2.19 bits per heavy atom. The molecule has 3 unspecified atom stereocenters. The van der Waals surface area contributed by atoms with Gasteiger partial charge in [0.05, 0.1) is 12.7 Å². The fraction of sp³-hybridized carbons (Fsp3) is 0.923. The Labute approximate surface area is 98.6 Å². The summed E-state index contributed by atoms with van der Waals surface area (Å²) in [6, 6.07) is 0.574. The topological polar surface area (TPSA) is 32.3 Å². The van der Waals surface area contributed by atoms with Crippen molar-refractivity contribution in [2.75, 3.05) is 6.67 Å². The molecule has 1 saturated carbocycles. The van der Waals surface area contributed by atoms with Gasteiger partial charge in [-0.1, -0.05) is 27.2 Å². The Kier molecular flexibility index (Phi) is 3.53. The summed E-state index contributed by atoms with van der Waals surface area (Å²) >= 11 is 0. The van der Waals surface area contributed by atoms with E-state index in [1.54, 1.807) is 0 Å². The maximum Gasteiger partial charge on any atom is 0.241 e. The summed E-state index contributed by atoms with van der Waals surface area (Å²) in [5.41, 5.74) is 0. The summed E-state index contributed by atoms with van der Waals surface area (Å²) < 4.78 is 0. The molecule has 2 aliphatic rings. The van der Waals surface area contributed by atoms with Crippen molar-refractivity contribution in [3.63, 3.8) is 0 Å². The van der Waals surface area contributed by atoms with E-state index in [9.17, 15) is 4.79 Å². The standard InChI is InChI=1S/C13H24N2O/c1-9(2)7-11-13(16)15(8-14-11)12-6-4-5-10(12)3/h9-12,14H,4-8H2,1-3H3. The van der Waals surface area contributed by atoms with E-state index in [0.29, 0.717) is 23.8 Å². The monoisotopic (exact) mass is 224 g/mol. The number of amides is 1. The molecule has 0 aromatic carbocycles. The summed E-state index contributed by atoms with van der Waals surface area (Å²) in [7, 11) is 0. The van der Waals surface area contributed by atoms with Gasteiger partial charge in [0.25, 0.3) is 0 Å². The zero-order valence-electron chi connectivity index (χ0n) is 10.7. The molecule has 2 fully saturated rings. The zero-order valence-corrected chi connectivity index (χ0v) is 10.7. The van der Waals surface area contributed by atoms with Crippen LogP contribution in [0, 0.1) is 11.8 Å². The van der Waals surface area contributed by atoms with Gasteiger partial charge in [-0.05, 0) is 31.1 Å². The highest BCUT2D eigenvalue weighted by atomic mass is 16.2. The molecule has 2 rings (SSSR count). The molecule has 0 aromatic heterocycles. The third kappa shape index (κ3) is 2.24. The van der Waals surface area contributed by atoms with Gasteiger partial charge in [-0.3, -0.25) is 10.1 Å². The summed E-state index contributed by atoms with van der Waals surface area (Å²) in [5, 5.41) is 3.36. The summed E-state index contributed by atoms with van der Waals surface area (Å²) in [4.78, 5) is 14.3. The lowest BCUT2D eigenvalue weighted by atomic mass is 10.0. The molecule has 0 radical (unpaired) electrons. The van der Waals surface area contributed by atoms with Gasteiger partial charge in [0, 0.05) is 6.04 Å². The number of hydrogen-bond acceptors (Lipinski definition) is 2. The maximum absolute atomic E-state index is 12.2. The van der Waals surface area contributed by atoms with Gasteiger partial charge in [0.15, 0.2) is 0 Å². The number of nitrogens with one attached hydrogen (secondary N) is 1. The van der Waals surface area contributed by atoms with Crippen LogP contribution in [0.5, 0.6) is 0 Å². The predicted octanol–water partition coefficient (Wildman–Crippen LogP) is 1.98. The van der Waals surface area contributed by atoms with Crippen LogP contribution in [0.25, 0.3) is 0 Å². The molecule has 1 heterocycles. The van der Waals surface area contributed by atoms with Gasteiger partial charge in [-0.25, -0.2) is 0 Å². The van der Waals surface area contributed by atoms with Crippen LogP contribution in [0.1, 0.15) is 46.5 Å². The van der Waals surface area contributed by atoms with Crippen molar-refractivity contribution >= 4 is 5.91 Å². The highest BCUT2D eigenvalue weighted by Gasteiger charge is 2.39. The van der Waals surface area contributed by atoms with Crippen molar-refractivity contribution in [1.82, 2.24) is 10.2 Å². The highest BCUT2D eigenvalue weighted by Crippen LogP contribution is 2.31. The fourth-order valence-electron chi connectivity index (χ4n) is 3.10. The Balaban J connectivity index is 1.96. The number of nitrogens with zero attached hydrogens (tertiary/aromatic N) is 1.